The van der Waals surface area contributed by atoms with Crippen molar-refractivity contribution in [3.8, 4) is 6.07 Å². The summed E-state index contributed by atoms with van der Waals surface area (Å²) >= 11 is 5.85. The number of anilines is 2. The van der Waals surface area contributed by atoms with Gasteiger partial charge in [0.1, 0.15) is 6.07 Å². The standard InChI is InChI=1S/C13H13ClN4O/c1-19-5-4-18-9-12(8-16-18)17-13-3-2-11(14)6-10(13)7-15/h2-3,6,8-9,17H,4-5H2,1H3. The number of nitrogens with one attached hydrogen (secondary N) is 1. The molecule has 0 aliphatic heterocycles. The smallest absolute Gasteiger partial charge is 0.101 e. The van der Waals surface area contributed by atoms with Crippen LogP contribution in [0.25, 0.3) is 0 Å². The van der Waals surface area contributed by atoms with Crippen LogP contribution < -0.4 is 5.32 Å². The van der Waals surface area contributed by atoms with Gasteiger partial charge >= 0.3 is 0 Å². The lowest BCUT2D eigenvalue weighted by Crippen LogP contribution is -2.03. The maximum Gasteiger partial charge on any atom is 0.101 e. The predicted octanol–water partition coefficient (Wildman–Crippen LogP) is 2.80. The Kier molecular flexibility index (Phi) is 4.39. The quantitative estimate of drug-likeness (QED) is 0.912. The third-order valence-electron chi connectivity index (χ3n) is 2.54. The molecule has 0 fully saturated rings. The van der Waals surface area contributed by atoms with Gasteiger partial charge in [-0.05, 0) is 18.2 Å². The molecule has 1 aromatic heterocycles. The number of ether oxygens (including phenoxy) is 1. The van der Waals surface area contributed by atoms with Gasteiger partial charge in [-0.25, -0.2) is 0 Å². The SMILES string of the molecule is COCCn1cc(Nc2ccc(Cl)cc2C#N)cn1. The average molecular weight is 277 g/mol. The average Bonchev–Trinajstić information content (AvgIpc) is 2.86. The van der Waals surface area contributed by atoms with Gasteiger partial charge in [0.25, 0.3) is 0 Å². The number of hydrogen-bond acceptors (Lipinski definition) is 4. The van der Waals surface area contributed by atoms with Gasteiger partial charge in [-0.3, -0.25) is 4.68 Å². The van der Waals surface area contributed by atoms with E-state index in [1.165, 1.54) is 0 Å². The number of nitrogens with zero attached hydrogens (tertiary/aromatic N) is 3. The molecule has 19 heavy (non-hydrogen) atoms. The Morgan fingerprint density at radius 2 is 2.37 bits per heavy atom. The Balaban J connectivity index is 2.13. The largest absolute Gasteiger partial charge is 0.383 e. The first kappa shape index (κ1) is 13.4. The van der Waals surface area contributed by atoms with Crippen molar-refractivity contribution in [2.75, 3.05) is 19.0 Å². The molecule has 0 aliphatic rings. The first-order valence-corrected chi connectivity index (χ1v) is 6.09. The fraction of sp³-hybridized carbons (Fsp3) is 0.231. The number of nitriles is 1. The molecule has 1 heterocycles. The van der Waals surface area contributed by atoms with E-state index in [4.69, 9.17) is 21.6 Å². The van der Waals surface area contributed by atoms with Gasteiger partial charge in [-0.15, -0.1) is 0 Å². The van der Waals surface area contributed by atoms with Crippen molar-refractivity contribution in [2.24, 2.45) is 0 Å². The fourth-order valence-electron chi connectivity index (χ4n) is 1.61. The molecule has 0 amide bonds. The zero-order valence-electron chi connectivity index (χ0n) is 10.4. The van der Waals surface area contributed by atoms with Crippen LogP contribution in [-0.2, 0) is 11.3 Å². The van der Waals surface area contributed by atoms with Crippen molar-refractivity contribution >= 4 is 23.0 Å². The topological polar surface area (TPSA) is 62.9 Å². The van der Waals surface area contributed by atoms with Crippen LogP contribution in [0, 0.1) is 11.3 Å². The molecule has 1 aromatic carbocycles. The Morgan fingerprint density at radius 3 is 3.11 bits per heavy atom. The maximum absolute atomic E-state index is 9.06. The van der Waals surface area contributed by atoms with E-state index in [0.717, 1.165) is 5.69 Å². The van der Waals surface area contributed by atoms with Crippen LogP contribution in [0.1, 0.15) is 5.56 Å². The van der Waals surface area contributed by atoms with E-state index in [1.807, 2.05) is 6.20 Å². The minimum Gasteiger partial charge on any atom is -0.383 e. The van der Waals surface area contributed by atoms with E-state index in [1.54, 1.807) is 36.2 Å². The molecule has 0 saturated heterocycles. The lowest BCUT2D eigenvalue weighted by Gasteiger charge is -2.05. The third kappa shape index (κ3) is 3.47. The zero-order valence-corrected chi connectivity index (χ0v) is 11.2. The van der Waals surface area contributed by atoms with E-state index in [-0.39, 0.29) is 0 Å². The highest BCUT2D eigenvalue weighted by Gasteiger charge is 2.05. The molecular formula is C13H13ClN4O. The zero-order chi connectivity index (χ0) is 13.7. The summed E-state index contributed by atoms with van der Waals surface area (Å²) in [6.45, 7) is 1.29. The molecule has 2 rings (SSSR count). The number of methoxy groups -OCH3 is 1. The summed E-state index contributed by atoms with van der Waals surface area (Å²) in [7, 11) is 1.65. The van der Waals surface area contributed by atoms with Crippen molar-refractivity contribution in [1.82, 2.24) is 9.78 Å². The van der Waals surface area contributed by atoms with Crippen LogP contribution in [0.5, 0.6) is 0 Å². The molecule has 2 aromatic rings. The Hall–Kier alpha value is -2.03. The van der Waals surface area contributed by atoms with Crippen molar-refractivity contribution in [3.05, 3.63) is 41.2 Å². The summed E-state index contributed by atoms with van der Waals surface area (Å²) in [6, 6.07) is 7.24. The van der Waals surface area contributed by atoms with Gasteiger partial charge in [-0.2, -0.15) is 10.4 Å². The summed E-state index contributed by atoms with van der Waals surface area (Å²) < 4.78 is 6.76. The second-order valence-corrected chi connectivity index (χ2v) is 4.35. The van der Waals surface area contributed by atoms with Gasteiger partial charge in [0, 0.05) is 18.3 Å². The lowest BCUT2D eigenvalue weighted by atomic mass is 10.2. The summed E-state index contributed by atoms with van der Waals surface area (Å²) in [4.78, 5) is 0. The molecule has 0 spiro atoms. The number of aromatic nitrogens is 2. The highest BCUT2D eigenvalue weighted by Crippen LogP contribution is 2.23. The monoisotopic (exact) mass is 276 g/mol. The Labute approximate surface area is 116 Å². The van der Waals surface area contributed by atoms with Gasteiger partial charge in [0.15, 0.2) is 0 Å². The maximum atomic E-state index is 9.06. The lowest BCUT2D eigenvalue weighted by molar-refractivity contribution is 0.183. The van der Waals surface area contributed by atoms with Crippen LogP contribution in [0.15, 0.2) is 30.6 Å². The van der Waals surface area contributed by atoms with Crippen molar-refractivity contribution in [3.63, 3.8) is 0 Å². The highest BCUT2D eigenvalue weighted by molar-refractivity contribution is 6.30. The van der Waals surface area contributed by atoms with Gasteiger partial charge in [0.05, 0.1) is 36.3 Å². The first-order chi connectivity index (χ1) is 9.22. The van der Waals surface area contributed by atoms with Gasteiger partial charge in [-0.1, -0.05) is 11.6 Å². The summed E-state index contributed by atoms with van der Waals surface area (Å²) in [6.07, 6.45) is 3.56. The molecule has 98 valence electrons. The van der Waals surface area contributed by atoms with Crippen LogP contribution in [-0.4, -0.2) is 23.5 Å². The molecule has 0 unspecified atom stereocenters. The van der Waals surface area contributed by atoms with Crippen LogP contribution in [0.4, 0.5) is 11.4 Å². The number of rotatable bonds is 5. The molecule has 0 aliphatic carbocycles. The Bertz CT molecular complexity index is 603. The minimum atomic E-state index is 0.497. The first-order valence-electron chi connectivity index (χ1n) is 5.71. The van der Waals surface area contributed by atoms with E-state index >= 15 is 0 Å². The summed E-state index contributed by atoms with van der Waals surface area (Å²) in [5.41, 5.74) is 2.02. The van der Waals surface area contributed by atoms with Crippen LogP contribution >= 0.6 is 11.6 Å². The Morgan fingerprint density at radius 1 is 1.53 bits per heavy atom. The molecule has 1 N–H and O–H groups in total. The summed E-state index contributed by atoms with van der Waals surface area (Å²) in [5.74, 6) is 0. The van der Waals surface area contributed by atoms with E-state index in [0.29, 0.717) is 29.4 Å². The van der Waals surface area contributed by atoms with Crippen LogP contribution in [0.3, 0.4) is 0 Å². The predicted molar refractivity (Wildman–Crippen MR) is 73.6 cm³/mol. The number of hydrogen-bond donors (Lipinski definition) is 1. The minimum absolute atomic E-state index is 0.497. The molecule has 0 atom stereocenters. The van der Waals surface area contributed by atoms with E-state index < -0.39 is 0 Å². The molecule has 6 heteroatoms. The molecule has 5 nitrogen and oxygen atoms in total. The van der Waals surface area contributed by atoms with Crippen molar-refractivity contribution < 1.29 is 4.74 Å². The number of halogens is 1. The van der Waals surface area contributed by atoms with Gasteiger partial charge in [0.2, 0.25) is 0 Å². The van der Waals surface area contributed by atoms with Crippen molar-refractivity contribution in [1.29, 1.82) is 5.26 Å². The normalized spacial score (nSPS) is 10.2. The second-order valence-electron chi connectivity index (χ2n) is 3.91. The molecule has 0 saturated carbocycles. The van der Waals surface area contributed by atoms with Crippen molar-refractivity contribution in [2.45, 2.75) is 6.54 Å². The molecule has 0 bridgehead atoms. The third-order valence-corrected chi connectivity index (χ3v) is 2.77. The highest BCUT2D eigenvalue weighted by atomic mass is 35.5. The fourth-order valence-corrected chi connectivity index (χ4v) is 1.78. The van der Waals surface area contributed by atoms with E-state index in [2.05, 4.69) is 16.5 Å². The molecule has 0 radical (unpaired) electrons. The summed E-state index contributed by atoms with van der Waals surface area (Å²) in [5, 5.41) is 16.9. The second kappa shape index (κ2) is 6.23. The van der Waals surface area contributed by atoms with E-state index in [9.17, 15) is 0 Å². The van der Waals surface area contributed by atoms with Gasteiger partial charge < -0.3 is 10.1 Å². The van der Waals surface area contributed by atoms with Crippen LogP contribution in [0.2, 0.25) is 5.02 Å². The number of benzene rings is 1. The molecular weight excluding hydrogens is 264 g/mol.